The highest BCUT2D eigenvalue weighted by molar-refractivity contribution is 9.10. The Morgan fingerprint density at radius 3 is 2.21 bits per heavy atom. The molecule has 1 aliphatic carbocycles. The molecule has 39 heavy (non-hydrogen) atoms. The smallest absolute Gasteiger partial charge is 0.298 e. The van der Waals surface area contributed by atoms with Crippen molar-refractivity contribution < 1.29 is 26.7 Å². The van der Waals surface area contributed by atoms with E-state index in [0.717, 1.165) is 12.8 Å². The molecule has 0 radical (unpaired) electrons. The molecule has 7 nitrogen and oxygen atoms in total. The summed E-state index contributed by atoms with van der Waals surface area (Å²) in [4.78, 5) is 15.0. The maximum absolute atomic E-state index is 16.0. The van der Waals surface area contributed by atoms with Crippen LogP contribution in [-0.2, 0) is 20.7 Å². The maximum Gasteiger partial charge on any atom is 0.298 e. The lowest BCUT2D eigenvalue weighted by atomic mass is 9.95. The predicted molar refractivity (Wildman–Crippen MR) is 147 cm³/mol. The Hall–Kier alpha value is -2.08. The summed E-state index contributed by atoms with van der Waals surface area (Å²) in [5.74, 6) is -3.74. The topological polar surface area (TPSA) is 102 Å². The second-order valence-corrected chi connectivity index (χ2v) is 13.6. The molecule has 1 amide bonds. The van der Waals surface area contributed by atoms with Crippen molar-refractivity contribution in [2.45, 2.75) is 86.4 Å². The van der Waals surface area contributed by atoms with E-state index in [1.807, 2.05) is 0 Å². The number of piperidine rings is 1. The third-order valence-corrected chi connectivity index (χ3v) is 10.2. The Balaban J connectivity index is 1.40. The Morgan fingerprint density at radius 1 is 1.03 bits per heavy atom. The monoisotopic (exact) mass is 625 g/mol. The number of halogens is 3. The molecule has 0 spiro atoms. The van der Waals surface area contributed by atoms with Crippen LogP contribution in [0.1, 0.15) is 56.9 Å². The summed E-state index contributed by atoms with van der Waals surface area (Å²) in [5.41, 5.74) is 5.66. The summed E-state index contributed by atoms with van der Waals surface area (Å²) in [7, 11) is -4.48. The van der Waals surface area contributed by atoms with Crippen molar-refractivity contribution in [3.05, 3.63) is 58.6 Å². The zero-order valence-electron chi connectivity index (χ0n) is 21.6. The number of fused-ring (bicyclic) bond motifs is 2. The average molecular weight is 627 g/mol. The highest BCUT2D eigenvalue weighted by atomic mass is 79.9. The van der Waals surface area contributed by atoms with Gasteiger partial charge in [0.25, 0.3) is 5.92 Å². The van der Waals surface area contributed by atoms with Crippen LogP contribution in [0.3, 0.4) is 0 Å². The largest absolute Gasteiger partial charge is 0.493 e. The van der Waals surface area contributed by atoms with E-state index in [0.29, 0.717) is 48.4 Å². The number of hydrogen-bond donors (Lipinski definition) is 2. The molecule has 2 aromatic carbocycles. The first kappa shape index (κ1) is 28.4. The fraction of sp³-hybridized carbons (Fsp3) is 0.536. The number of hydrogen-bond acceptors (Lipinski definition) is 5. The number of ether oxygens (including phenoxy) is 1. The van der Waals surface area contributed by atoms with Crippen LogP contribution in [0.4, 0.5) is 8.78 Å². The molecule has 5 rings (SSSR count). The molecule has 3 atom stereocenters. The number of nitrogens with zero attached hydrogens (tertiary/aromatic N) is 1. The van der Waals surface area contributed by atoms with Gasteiger partial charge in [-0.1, -0.05) is 40.9 Å². The third kappa shape index (κ3) is 6.16. The van der Waals surface area contributed by atoms with E-state index in [1.54, 1.807) is 0 Å². The van der Waals surface area contributed by atoms with Gasteiger partial charge in [-0.15, -0.1) is 0 Å². The molecule has 2 saturated heterocycles. The lowest BCUT2D eigenvalue weighted by Gasteiger charge is -2.41. The first-order valence-electron chi connectivity index (χ1n) is 13.5. The zero-order chi connectivity index (χ0) is 27.8. The van der Waals surface area contributed by atoms with Gasteiger partial charge >= 0.3 is 0 Å². The standard InChI is InChI=1S/C28H34BrF2N3O4S/c29-20-7-5-19(6-8-20)28(30,31)26(27(35)34-22-9-10-23(34)16-21(32)15-22)33-39(36,37)25-13-11-24(12-14-25)38-17-18-3-1-2-4-18/h5-8,11-14,18,21-23,26,33H,1-4,9-10,15-17,32H2/t21?,22?,23?,26-/m1/s1. The molecule has 2 bridgehead atoms. The van der Waals surface area contributed by atoms with Crippen molar-refractivity contribution in [1.29, 1.82) is 0 Å². The first-order chi connectivity index (χ1) is 18.5. The number of alkyl halides is 2. The Kier molecular flexibility index (Phi) is 8.33. The summed E-state index contributed by atoms with van der Waals surface area (Å²) >= 11 is 3.23. The average Bonchev–Trinajstić information content (AvgIpc) is 3.52. The SMILES string of the molecule is NC1CC2CCC(C1)N2C(=O)[C@@H](NS(=O)(=O)c1ccc(OCC2CCCC2)cc1)C(F)(F)c1ccc(Br)cc1. The number of amides is 1. The fourth-order valence-corrected chi connectivity index (χ4v) is 7.63. The Bertz CT molecular complexity index is 1260. The van der Waals surface area contributed by atoms with E-state index in [4.69, 9.17) is 10.5 Å². The van der Waals surface area contributed by atoms with Crippen LogP contribution in [0.2, 0.25) is 0 Å². The van der Waals surface area contributed by atoms with Crippen LogP contribution in [0.25, 0.3) is 0 Å². The Labute approximate surface area is 236 Å². The van der Waals surface area contributed by atoms with Crippen molar-refractivity contribution in [2.24, 2.45) is 11.7 Å². The molecule has 2 unspecified atom stereocenters. The van der Waals surface area contributed by atoms with E-state index in [9.17, 15) is 13.2 Å². The van der Waals surface area contributed by atoms with Crippen molar-refractivity contribution in [3.63, 3.8) is 0 Å². The van der Waals surface area contributed by atoms with Crippen LogP contribution >= 0.6 is 15.9 Å². The van der Waals surface area contributed by atoms with Gasteiger partial charge in [0.1, 0.15) is 5.75 Å². The summed E-state index contributed by atoms with van der Waals surface area (Å²) in [6, 6.07) is 7.92. The van der Waals surface area contributed by atoms with Gasteiger partial charge in [0.15, 0.2) is 6.04 Å². The second-order valence-electron chi connectivity index (χ2n) is 11.0. The zero-order valence-corrected chi connectivity index (χ0v) is 24.0. The third-order valence-electron chi connectivity index (χ3n) is 8.23. The number of carbonyl (C=O) groups excluding carboxylic acids is 1. The molecule has 212 valence electrons. The molecule has 1 saturated carbocycles. The van der Waals surface area contributed by atoms with Crippen molar-refractivity contribution in [3.8, 4) is 5.75 Å². The molecule has 0 aromatic heterocycles. The predicted octanol–water partition coefficient (Wildman–Crippen LogP) is 4.94. The molecule has 2 aromatic rings. The molecule has 3 aliphatic rings. The van der Waals surface area contributed by atoms with Gasteiger partial charge in [-0.2, -0.15) is 13.5 Å². The quantitative estimate of drug-likeness (QED) is 0.411. The highest BCUT2D eigenvalue weighted by Gasteiger charge is 2.53. The maximum atomic E-state index is 16.0. The van der Waals surface area contributed by atoms with E-state index in [-0.39, 0.29) is 23.0 Å². The highest BCUT2D eigenvalue weighted by Crippen LogP contribution is 2.40. The molecule has 2 aliphatic heterocycles. The molecule has 3 fully saturated rings. The van der Waals surface area contributed by atoms with Crippen molar-refractivity contribution >= 4 is 31.9 Å². The second kappa shape index (κ2) is 11.4. The van der Waals surface area contributed by atoms with Gasteiger partial charge < -0.3 is 15.4 Å². The minimum Gasteiger partial charge on any atom is -0.493 e. The van der Waals surface area contributed by atoms with Crippen LogP contribution in [0.15, 0.2) is 57.9 Å². The fourth-order valence-electron chi connectivity index (χ4n) is 6.18. The number of sulfonamides is 1. The lowest BCUT2D eigenvalue weighted by molar-refractivity contribution is -0.149. The van der Waals surface area contributed by atoms with Crippen LogP contribution in [0.5, 0.6) is 5.75 Å². The summed E-state index contributed by atoms with van der Waals surface area (Å²) < 4.78 is 67.3. The van der Waals surface area contributed by atoms with E-state index in [1.165, 1.54) is 66.3 Å². The Morgan fingerprint density at radius 2 is 1.62 bits per heavy atom. The van der Waals surface area contributed by atoms with Gasteiger partial charge in [0, 0.05) is 28.2 Å². The molecule has 3 N–H and O–H groups in total. The van der Waals surface area contributed by atoms with Crippen molar-refractivity contribution in [2.75, 3.05) is 6.61 Å². The summed E-state index contributed by atoms with van der Waals surface area (Å²) in [5, 5.41) is 0. The van der Waals surface area contributed by atoms with Crippen LogP contribution in [0, 0.1) is 5.92 Å². The number of carbonyl (C=O) groups is 1. The lowest BCUT2D eigenvalue weighted by Crippen LogP contribution is -2.60. The molecular weight excluding hydrogens is 592 g/mol. The number of nitrogens with two attached hydrogens (primary N) is 1. The first-order valence-corrected chi connectivity index (χ1v) is 15.8. The van der Waals surface area contributed by atoms with Gasteiger partial charge in [0.2, 0.25) is 15.9 Å². The normalized spacial score (nSPS) is 24.6. The van der Waals surface area contributed by atoms with Gasteiger partial charge in [0.05, 0.1) is 11.5 Å². The molecule has 2 heterocycles. The number of nitrogens with one attached hydrogen (secondary N) is 1. The number of rotatable bonds is 9. The molecule has 11 heteroatoms. The van der Waals surface area contributed by atoms with Gasteiger partial charge in [-0.25, -0.2) is 8.42 Å². The van der Waals surface area contributed by atoms with E-state index in [2.05, 4.69) is 20.7 Å². The van der Waals surface area contributed by atoms with E-state index < -0.39 is 33.5 Å². The minimum absolute atomic E-state index is 0.108. The van der Waals surface area contributed by atoms with Crippen molar-refractivity contribution in [1.82, 2.24) is 9.62 Å². The summed E-state index contributed by atoms with van der Waals surface area (Å²) in [6.07, 6.45) is 6.94. The van der Waals surface area contributed by atoms with E-state index >= 15 is 8.78 Å². The van der Waals surface area contributed by atoms with Gasteiger partial charge in [-0.05, 0) is 80.8 Å². The van der Waals surface area contributed by atoms with Crippen LogP contribution < -0.4 is 15.2 Å². The number of benzene rings is 2. The summed E-state index contributed by atoms with van der Waals surface area (Å²) in [6.45, 7) is 0.558. The van der Waals surface area contributed by atoms with Crippen LogP contribution in [-0.4, -0.2) is 50.0 Å². The minimum atomic E-state index is -4.48. The molecular formula is C28H34BrF2N3O4S. The van der Waals surface area contributed by atoms with Gasteiger partial charge in [-0.3, -0.25) is 4.79 Å².